The number of nitrogens with one attached hydrogen (secondary N) is 3. The molecule has 0 spiro atoms. The van der Waals surface area contributed by atoms with Crippen molar-refractivity contribution in [1.82, 2.24) is 5.32 Å². The summed E-state index contributed by atoms with van der Waals surface area (Å²) in [6.07, 6.45) is 8.43. The molecule has 29 heavy (non-hydrogen) atoms. The number of amides is 1. The van der Waals surface area contributed by atoms with Crippen LogP contribution >= 0.6 is 0 Å². The highest BCUT2D eigenvalue weighted by atomic mass is 16.7. The predicted octanol–water partition coefficient (Wildman–Crippen LogP) is 0.0939. The molecule has 0 bridgehead atoms. The lowest BCUT2D eigenvalue weighted by atomic mass is 9.97. The Bertz CT molecular complexity index is 741. The maximum Gasteiger partial charge on any atom is 0.278 e. The highest BCUT2D eigenvalue weighted by molar-refractivity contribution is 5.79. The molecule has 6 nitrogen and oxygen atoms in total. The number of allylic oxidation sites excluding steroid dienone is 1. The van der Waals surface area contributed by atoms with Crippen molar-refractivity contribution in [2.24, 2.45) is 0 Å². The van der Waals surface area contributed by atoms with Crippen molar-refractivity contribution in [2.75, 3.05) is 39.5 Å². The second-order valence-electron chi connectivity index (χ2n) is 8.64. The molecule has 6 heteroatoms. The van der Waals surface area contributed by atoms with Gasteiger partial charge in [0.15, 0.2) is 17.5 Å². The van der Waals surface area contributed by atoms with Gasteiger partial charge in [-0.05, 0) is 57.2 Å². The normalized spacial score (nSPS) is 24.7. The molecule has 2 aliphatic heterocycles. The zero-order valence-corrected chi connectivity index (χ0v) is 17.6. The van der Waals surface area contributed by atoms with Crippen molar-refractivity contribution in [1.29, 1.82) is 0 Å². The summed E-state index contributed by atoms with van der Waals surface area (Å²) in [5.41, 5.74) is 2.81. The molecular weight excluding hydrogens is 366 g/mol. The zero-order valence-electron chi connectivity index (χ0n) is 17.6. The molecule has 1 aromatic carbocycles. The third-order valence-electron chi connectivity index (χ3n) is 6.63. The van der Waals surface area contributed by atoms with Crippen LogP contribution in [0.25, 0.3) is 0 Å². The fraction of sp³-hybridized carbons (Fsp3) is 0.609. The molecule has 158 valence electrons. The van der Waals surface area contributed by atoms with Crippen molar-refractivity contribution in [3.63, 3.8) is 0 Å². The van der Waals surface area contributed by atoms with E-state index in [1.54, 1.807) is 4.90 Å². The van der Waals surface area contributed by atoms with Crippen LogP contribution in [0.15, 0.2) is 29.8 Å². The number of hydrogen-bond donors (Lipinski definition) is 3. The Balaban J connectivity index is 1.18. The molecule has 1 aromatic rings. The van der Waals surface area contributed by atoms with Crippen LogP contribution in [0.1, 0.15) is 44.6 Å². The van der Waals surface area contributed by atoms with Gasteiger partial charge in [-0.25, -0.2) is 0 Å². The van der Waals surface area contributed by atoms with E-state index in [-0.39, 0.29) is 11.9 Å². The molecule has 0 saturated carbocycles. The van der Waals surface area contributed by atoms with E-state index in [0.717, 1.165) is 57.2 Å². The number of quaternary nitrogens is 2. The number of carbonyl (C=O) groups excluding carboxylic acids is 1. The fourth-order valence-corrected chi connectivity index (χ4v) is 4.69. The number of carbonyl (C=O) groups is 1. The van der Waals surface area contributed by atoms with E-state index in [0.29, 0.717) is 6.79 Å². The summed E-state index contributed by atoms with van der Waals surface area (Å²) in [4.78, 5) is 15.6. The summed E-state index contributed by atoms with van der Waals surface area (Å²) in [6.45, 7) is 8.45. The van der Waals surface area contributed by atoms with E-state index < -0.39 is 0 Å². The van der Waals surface area contributed by atoms with E-state index in [9.17, 15) is 4.79 Å². The van der Waals surface area contributed by atoms with Crippen LogP contribution in [0, 0.1) is 0 Å². The first-order valence-electron chi connectivity index (χ1n) is 11.2. The Hall–Kier alpha value is -2.05. The third-order valence-corrected chi connectivity index (χ3v) is 6.63. The number of ether oxygens (including phenoxy) is 2. The summed E-state index contributed by atoms with van der Waals surface area (Å²) >= 11 is 0. The minimum absolute atomic E-state index is 0.0300. The average Bonchev–Trinajstić information content (AvgIpc) is 3.22. The van der Waals surface area contributed by atoms with Crippen molar-refractivity contribution < 1.29 is 24.1 Å². The van der Waals surface area contributed by atoms with Crippen molar-refractivity contribution in [3.05, 3.63) is 35.4 Å². The molecule has 2 heterocycles. The van der Waals surface area contributed by atoms with E-state index in [4.69, 9.17) is 9.47 Å². The van der Waals surface area contributed by atoms with Crippen LogP contribution in [0.2, 0.25) is 0 Å². The van der Waals surface area contributed by atoms with Gasteiger partial charge in [-0.1, -0.05) is 11.6 Å². The third kappa shape index (κ3) is 5.31. The second-order valence-corrected chi connectivity index (χ2v) is 8.64. The number of piperazine rings is 1. The maximum atomic E-state index is 12.6. The van der Waals surface area contributed by atoms with Crippen molar-refractivity contribution in [2.45, 2.75) is 51.6 Å². The molecule has 0 aromatic heterocycles. The van der Waals surface area contributed by atoms with Crippen LogP contribution in [0.5, 0.6) is 11.5 Å². The summed E-state index contributed by atoms with van der Waals surface area (Å²) in [5.74, 6) is 1.91. The number of fused-ring (bicyclic) bond motifs is 1. The van der Waals surface area contributed by atoms with Gasteiger partial charge in [-0.15, -0.1) is 0 Å². The smallest absolute Gasteiger partial charge is 0.278 e. The molecule has 4 rings (SSSR count). The summed E-state index contributed by atoms with van der Waals surface area (Å²) in [5, 5.41) is 3.17. The lowest BCUT2D eigenvalue weighted by Gasteiger charge is -2.32. The first kappa shape index (κ1) is 20.2. The van der Waals surface area contributed by atoms with Crippen LogP contribution in [-0.4, -0.2) is 51.5 Å². The molecule has 0 unspecified atom stereocenters. The molecule has 1 amide bonds. The van der Waals surface area contributed by atoms with E-state index >= 15 is 0 Å². The van der Waals surface area contributed by atoms with E-state index in [2.05, 4.69) is 30.4 Å². The quantitative estimate of drug-likeness (QED) is 0.568. The van der Waals surface area contributed by atoms with Gasteiger partial charge in [0.2, 0.25) is 6.79 Å². The lowest BCUT2D eigenvalue weighted by molar-refractivity contribution is -1.02. The SMILES string of the molecule is C[C@H](C(=O)NCCC1=CCCCC1)[NH+]1CC[NH+](Cc2ccc3c(c2)OCO3)CC1. The highest BCUT2D eigenvalue weighted by Gasteiger charge is 2.31. The minimum Gasteiger partial charge on any atom is -0.454 e. The molecule has 1 saturated heterocycles. The van der Waals surface area contributed by atoms with Gasteiger partial charge in [0, 0.05) is 12.1 Å². The molecule has 0 radical (unpaired) electrons. The number of rotatable bonds is 7. The van der Waals surface area contributed by atoms with Crippen molar-refractivity contribution >= 4 is 5.91 Å². The molecule has 3 N–H and O–H groups in total. The lowest BCUT2D eigenvalue weighted by Crippen LogP contribution is -3.29. The van der Waals surface area contributed by atoms with Gasteiger partial charge in [0.1, 0.15) is 32.7 Å². The van der Waals surface area contributed by atoms with E-state index in [1.165, 1.54) is 41.7 Å². The predicted molar refractivity (Wildman–Crippen MR) is 111 cm³/mol. The summed E-state index contributed by atoms with van der Waals surface area (Å²) in [6, 6.07) is 6.28. The summed E-state index contributed by atoms with van der Waals surface area (Å²) < 4.78 is 10.9. The largest absolute Gasteiger partial charge is 0.454 e. The Morgan fingerprint density at radius 2 is 1.97 bits per heavy atom. The van der Waals surface area contributed by atoms with Gasteiger partial charge >= 0.3 is 0 Å². The molecule has 1 fully saturated rings. The maximum absolute atomic E-state index is 12.6. The Morgan fingerprint density at radius 3 is 2.76 bits per heavy atom. The Morgan fingerprint density at radius 1 is 1.14 bits per heavy atom. The summed E-state index contributed by atoms with van der Waals surface area (Å²) in [7, 11) is 0. The van der Waals surface area contributed by atoms with Crippen LogP contribution in [0.4, 0.5) is 0 Å². The molecule has 3 aliphatic rings. The first-order valence-corrected chi connectivity index (χ1v) is 11.2. The Kier molecular flexibility index (Phi) is 6.72. The van der Waals surface area contributed by atoms with Crippen LogP contribution in [-0.2, 0) is 11.3 Å². The second kappa shape index (κ2) is 9.63. The Labute approximate surface area is 173 Å². The van der Waals surface area contributed by atoms with Crippen LogP contribution < -0.4 is 24.6 Å². The highest BCUT2D eigenvalue weighted by Crippen LogP contribution is 2.32. The minimum atomic E-state index is 0.0300. The van der Waals surface area contributed by atoms with Gasteiger partial charge in [0.25, 0.3) is 5.91 Å². The standard InChI is InChI=1S/C23H33N3O3/c1-18(23(27)24-10-9-19-5-3-2-4-6-19)26-13-11-25(12-14-26)16-20-7-8-21-22(15-20)29-17-28-21/h5,7-8,15,18H,2-4,6,9-14,16-17H2,1H3,(H,24,27)/p+2/t18-/m1/s1. The first-order chi connectivity index (χ1) is 14.2. The van der Waals surface area contributed by atoms with E-state index in [1.807, 2.05) is 6.07 Å². The monoisotopic (exact) mass is 401 g/mol. The van der Waals surface area contributed by atoms with Crippen molar-refractivity contribution in [3.8, 4) is 11.5 Å². The topological polar surface area (TPSA) is 56.4 Å². The van der Waals surface area contributed by atoms with Crippen LogP contribution in [0.3, 0.4) is 0 Å². The molecule has 1 atom stereocenters. The number of benzene rings is 1. The van der Waals surface area contributed by atoms with Gasteiger partial charge < -0.3 is 24.6 Å². The number of hydrogen-bond acceptors (Lipinski definition) is 3. The fourth-order valence-electron chi connectivity index (χ4n) is 4.69. The molecular formula is C23H35N3O3+2. The van der Waals surface area contributed by atoms with Gasteiger partial charge in [-0.3, -0.25) is 4.79 Å². The van der Waals surface area contributed by atoms with Gasteiger partial charge in [0.05, 0.1) is 0 Å². The average molecular weight is 402 g/mol. The zero-order chi connectivity index (χ0) is 20.1. The van der Waals surface area contributed by atoms with Gasteiger partial charge in [-0.2, -0.15) is 0 Å². The molecule has 1 aliphatic carbocycles.